The van der Waals surface area contributed by atoms with E-state index in [0.717, 1.165) is 25.3 Å². The van der Waals surface area contributed by atoms with Crippen LogP contribution in [0.25, 0.3) is 0 Å². The Kier molecular flexibility index (Phi) is 2.54. The molecular weight excluding hydrogens is 166 g/mol. The molecule has 1 aliphatic heterocycles. The highest BCUT2D eigenvalue weighted by molar-refractivity contribution is 5.10. The van der Waals surface area contributed by atoms with Gasteiger partial charge in [-0.1, -0.05) is 0 Å². The zero-order valence-electron chi connectivity index (χ0n) is 7.88. The minimum Gasteiger partial charge on any atom is -0.460 e. The minimum atomic E-state index is 0.277. The average Bonchev–Trinajstić information content (AvgIpc) is 2.53. The second kappa shape index (κ2) is 3.83. The zero-order chi connectivity index (χ0) is 9.10. The third-order valence-electron chi connectivity index (χ3n) is 2.25. The van der Waals surface area contributed by atoms with Gasteiger partial charge in [-0.15, -0.1) is 0 Å². The molecule has 2 rings (SSSR count). The SMILES string of the molecule is Cc1ccc(OC2CCCNC2)o1. The van der Waals surface area contributed by atoms with Crippen molar-refractivity contribution in [1.82, 2.24) is 5.32 Å². The van der Waals surface area contributed by atoms with E-state index in [0.29, 0.717) is 5.95 Å². The van der Waals surface area contributed by atoms with Gasteiger partial charge in [-0.05, 0) is 32.4 Å². The Balaban J connectivity index is 1.89. The molecule has 1 aliphatic rings. The number of hydrogen-bond acceptors (Lipinski definition) is 3. The Morgan fingerprint density at radius 1 is 1.54 bits per heavy atom. The van der Waals surface area contributed by atoms with Crippen LogP contribution in [0.1, 0.15) is 18.6 Å². The molecule has 0 amide bonds. The lowest BCUT2D eigenvalue weighted by Gasteiger charge is -2.22. The number of piperidine rings is 1. The normalized spacial score (nSPS) is 23.0. The Hall–Kier alpha value is -0.960. The van der Waals surface area contributed by atoms with Crippen LogP contribution in [-0.4, -0.2) is 19.2 Å². The molecule has 1 atom stereocenters. The van der Waals surface area contributed by atoms with Crippen LogP contribution in [0.3, 0.4) is 0 Å². The lowest BCUT2D eigenvalue weighted by molar-refractivity contribution is 0.129. The maximum atomic E-state index is 5.65. The molecule has 3 nitrogen and oxygen atoms in total. The topological polar surface area (TPSA) is 34.4 Å². The number of ether oxygens (including phenoxy) is 1. The van der Waals surface area contributed by atoms with Crippen LogP contribution in [-0.2, 0) is 0 Å². The van der Waals surface area contributed by atoms with Crippen LogP contribution in [0.4, 0.5) is 0 Å². The molecular formula is C10H15NO2. The van der Waals surface area contributed by atoms with Crippen LogP contribution >= 0.6 is 0 Å². The summed E-state index contributed by atoms with van der Waals surface area (Å²) in [5.74, 6) is 1.55. The molecule has 3 heteroatoms. The van der Waals surface area contributed by atoms with Gasteiger partial charge in [0.2, 0.25) is 0 Å². The largest absolute Gasteiger partial charge is 0.460 e. The molecule has 1 unspecified atom stereocenters. The second-order valence-electron chi connectivity index (χ2n) is 3.45. The van der Waals surface area contributed by atoms with Gasteiger partial charge in [0.1, 0.15) is 11.9 Å². The Morgan fingerprint density at radius 3 is 3.08 bits per heavy atom. The fourth-order valence-corrected chi connectivity index (χ4v) is 1.56. The molecule has 1 saturated heterocycles. The van der Waals surface area contributed by atoms with Gasteiger partial charge in [0, 0.05) is 12.6 Å². The van der Waals surface area contributed by atoms with Crippen LogP contribution in [0.15, 0.2) is 16.5 Å². The van der Waals surface area contributed by atoms with Crippen molar-refractivity contribution in [3.63, 3.8) is 0 Å². The van der Waals surface area contributed by atoms with Crippen molar-refractivity contribution in [3.8, 4) is 5.95 Å². The molecule has 1 aromatic heterocycles. The number of hydrogen-bond donors (Lipinski definition) is 1. The number of aryl methyl sites for hydroxylation is 1. The van der Waals surface area contributed by atoms with Gasteiger partial charge in [0.05, 0.1) is 0 Å². The van der Waals surface area contributed by atoms with E-state index in [2.05, 4.69) is 5.32 Å². The summed E-state index contributed by atoms with van der Waals surface area (Å²) < 4.78 is 11.0. The molecule has 0 spiro atoms. The maximum absolute atomic E-state index is 5.65. The Labute approximate surface area is 78.1 Å². The molecule has 1 aromatic rings. The monoisotopic (exact) mass is 181 g/mol. The molecule has 0 aromatic carbocycles. The van der Waals surface area contributed by atoms with Crippen LogP contribution in [0.2, 0.25) is 0 Å². The number of nitrogens with one attached hydrogen (secondary N) is 1. The van der Waals surface area contributed by atoms with E-state index < -0.39 is 0 Å². The first-order valence-electron chi connectivity index (χ1n) is 4.78. The van der Waals surface area contributed by atoms with Gasteiger partial charge >= 0.3 is 0 Å². The van der Waals surface area contributed by atoms with Crippen molar-refractivity contribution >= 4 is 0 Å². The van der Waals surface area contributed by atoms with E-state index >= 15 is 0 Å². The molecule has 13 heavy (non-hydrogen) atoms. The fourth-order valence-electron chi connectivity index (χ4n) is 1.56. The van der Waals surface area contributed by atoms with Gasteiger partial charge in [-0.3, -0.25) is 0 Å². The standard InChI is InChI=1S/C10H15NO2/c1-8-4-5-10(12-8)13-9-3-2-6-11-7-9/h4-5,9,11H,2-3,6-7H2,1H3. The summed E-state index contributed by atoms with van der Waals surface area (Å²) >= 11 is 0. The van der Waals surface area contributed by atoms with Gasteiger partial charge in [-0.2, -0.15) is 0 Å². The molecule has 72 valence electrons. The smallest absolute Gasteiger partial charge is 0.284 e. The van der Waals surface area contributed by atoms with Crippen molar-refractivity contribution < 1.29 is 9.15 Å². The van der Waals surface area contributed by atoms with Crippen LogP contribution in [0, 0.1) is 6.92 Å². The molecule has 0 radical (unpaired) electrons. The molecule has 1 N–H and O–H groups in total. The fraction of sp³-hybridized carbons (Fsp3) is 0.600. The summed E-state index contributed by atoms with van der Waals surface area (Å²) in [5, 5.41) is 3.30. The summed E-state index contributed by atoms with van der Waals surface area (Å²) in [6, 6.07) is 3.80. The van der Waals surface area contributed by atoms with E-state index in [1.165, 1.54) is 6.42 Å². The number of rotatable bonds is 2. The van der Waals surface area contributed by atoms with Crippen molar-refractivity contribution in [3.05, 3.63) is 17.9 Å². The maximum Gasteiger partial charge on any atom is 0.284 e. The highest BCUT2D eigenvalue weighted by Crippen LogP contribution is 2.18. The summed E-state index contributed by atoms with van der Waals surface area (Å²) in [6.07, 6.45) is 2.58. The highest BCUT2D eigenvalue weighted by atomic mass is 16.6. The van der Waals surface area contributed by atoms with E-state index in [1.54, 1.807) is 0 Å². The van der Waals surface area contributed by atoms with Crippen molar-refractivity contribution in [2.45, 2.75) is 25.9 Å². The Morgan fingerprint density at radius 2 is 2.46 bits per heavy atom. The minimum absolute atomic E-state index is 0.277. The van der Waals surface area contributed by atoms with Crippen molar-refractivity contribution in [1.29, 1.82) is 0 Å². The van der Waals surface area contributed by atoms with E-state index in [4.69, 9.17) is 9.15 Å². The van der Waals surface area contributed by atoms with Crippen molar-refractivity contribution in [2.75, 3.05) is 13.1 Å². The predicted octanol–water partition coefficient (Wildman–Crippen LogP) is 1.72. The van der Waals surface area contributed by atoms with E-state index in [-0.39, 0.29) is 6.10 Å². The van der Waals surface area contributed by atoms with Gasteiger partial charge < -0.3 is 14.5 Å². The summed E-state index contributed by atoms with van der Waals surface area (Å²) in [6.45, 7) is 3.96. The van der Waals surface area contributed by atoms with Gasteiger partial charge in [-0.25, -0.2) is 0 Å². The predicted molar refractivity (Wildman–Crippen MR) is 50.0 cm³/mol. The molecule has 1 fully saturated rings. The molecule has 0 aliphatic carbocycles. The third kappa shape index (κ3) is 2.25. The quantitative estimate of drug-likeness (QED) is 0.754. The third-order valence-corrected chi connectivity index (χ3v) is 2.25. The van der Waals surface area contributed by atoms with Crippen molar-refractivity contribution in [2.24, 2.45) is 0 Å². The number of furan rings is 1. The first-order valence-corrected chi connectivity index (χ1v) is 4.78. The molecule has 0 bridgehead atoms. The Bertz CT molecular complexity index is 264. The van der Waals surface area contributed by atoms with Crippen LogP contribution in [0.5, 0.6) is 5.95 Å². The lowest BCUT2D eigenvalue weighted by Crippen LogP contribution is -2.37. The molecule has 2 heterocycles. The van der Waals surface area contributed by atoms with Gasteiger partial charge in [0.15, 0.2) is 0 Å². The highest BCUT2D eigenvalue weighted by Gasteiger charge is 2.15. The summed E-state index contributed by atoms with van der Waals surface area (Å²) in [5.41, 5.74) is 0. The molecule has 0 saturated carbocycles. The summed E-state index contributed by atoms with van der Waals surface area (Å²) in [7, 11) is 0. The first-order chi connectivity index (χ1) is 6.34. The summed E-state index contributed by atoms with van der Waals surface area (Å²) in [4.78, 5) is 0. The van der Waals surface area contributed by atoms with E-state index in [9.17, 15) is 0 Å². The zero-order valence-corrected chi connectivity index (χ0v) is 7.88. The average molecular weight is 181 g/mol. The van der Waals surface area contributed by atoms with Gasteiger partial charge in [0.25, 0.3) is 5.95 Å². The van der Waals surface area contributed by atoms with E-state index in [1.807, 2.05) is 19.1 Å². The van der Waals surface area contributed by atoms with Crippen LogP contribution < -0.4 is 10.1 Å². The lowest BCUT2D eigenvalue weighted by atomic mass is 10.1. The second-order valence-corrected chi connectivity index (χ2v) is 3.45. The first kappa shape index (κ1) is 8.63.